The van der Waals surface area contributed by atoms with E-state index in [0.717, 1.165) is 18.5 Å². The highest BCUT2D eigenvalue weighted by molar-refractivity contribution is 5.79. The van der Waals surface area contributed by atoms with Crippen LogP contribution in [0.1, 0.15) is 58.3 Å². The number of nitrogens with zero attached hydrogens (tertiary/aromatic N) is 3. The quantitative estimate of drug-likeness (QED) is 0.796. The first kappa shape index (κ1) is 14.6. The molecule has 1 amide bonds. The van der Waals surface area contributed by atoms with Crippen molar-refractivity contribution in [3.05, 3.63) is 11.9 Å². The summed E-state index contributed by atoms with van der Waals surface area (Å²) >= 11 is 0. The average Bonchev–Trinajstić information content (AvgIpc) is 2.76. The molecule has 0 bridgehead atoms. The molecule has 0 aromatic carbocycles. The van der Waals surface area contributed by atoms with Crippen LogP contribution in [0.25, 0.3) is 0 Å². The Hall–Kier alpha value is -1.43. The monoisotopic (exact) mass is 253 g/mol. The van der Waals surface area contributed by atoms with Gasteiger partial charge < -0.3 is 11.1 Å². The van der Waals surface area contributed by atoms with Gasteiger partial charge in [0, 0.05) is 6.04 Å². The fourth-order valence-electron chi connectivity index (χ4n) is 1.63. The van der Waals surface area contributed by atoms with Gasteiger partial charge in [0.15, 0.2) is 0 Å². The zero-order valence-electron chi connectivity index (χ0n) is 11.6. The van der Waals surface area contributed by atoms with Crippen LogP contribution in [0.5, 0.6) is 0 Å². The van der Waals surface area contributed by atoms with Crippen LogP contribution in [0.15, 0.2) is 6.20 Å². The largest absolute Gasteiger partial charge is 0.352 e. The summed E-state index contributed by atoms with van der Waals surface area (Å²) < 4.78 is 1.56. The number of hydrogen-bond donors (Lipinski definition) is 2. The number of rotatable bonds is 6. The Labute approximate surface area is 108 Å². The van der Waals surface area contributed by atoms with Gasteiger partial charge in [0.05, 0.1) is 17.9 Å². The van der Waals surface area contributed by atoms with E-state index >= 15 is 0 Å². The molecule has 18 heavy (non-hydrogen) atoms. The predicted molar refractivity (Wildman–Crippen MR) is 69.8 cm³/mol. The Morgan fingerprint density at radius 2 is 2.17 bits per heavy atom. The third-order valence-electron chi connectivity index (χ3n) is 2.71. The summed E-state index contributed by atoms with van der Waals surface area (Å²) in [5.74, 6) is -0.0643. The van der Waals surface area contributed by atoms with Crippen molar-refractivity contribution in [3.63, 3.8) is 0 Å². The molecule has 0 aliphatic carbocycles. The molecule has 1 aromatic heterocycles. The molecule has 0 fully saturated rings. The average molecular weight is 253 g/mol. The minimum Gasteiger partial charge on any atom is -0.352 e. The first-order valence-electron chi connectivity index (χ1n) is 6.43. The van der Waals surface area contributed by atoms with Crippen LogP contribution in [0.4, 0.5) is 0 Å². The maximum Gasteiger partial charge on any atom is 0.244 e. The van der Waals surface area contributed by atoms with Gasteiger partial charge >= 0.3 is 0 Å². The van der Waals surface area contributed by atoms with Gasteiger partial charge in [-0.15, -0.1) is 5.10 Å². The van der Waals surface area contributed by atoms with Gasteiger partial charge in [-0.05, 0) is 27.2 Å². The number of nitrogens with two attached hydrogens (primary N) is 1. The van der Waals surface area contributed by atoms with E-state index in [1.54, 1.807) is 17.8 Å². The van der Waals surface area contributed by atoms with Gasteiger partial charge in [-0.25, -0.2) is 4.68 Å². The molecule has 6 heteroatoms. The molecule has 0 spiro atoms. The molecule has 2 unspecified atom stereocenters. The van der Waals surface area contributed by atoms with E-state index in [2.05, 4.69) is 22.6 Å². The molecule has 1 rings (SSSR count). The van der Waals surface area contributed by atoms with Crippen molar-refractivity contribution in [3.8, 4) is 0 Å². The zero-order chi connectivity index (χ0) is 13.7. The van der Waals surface area contributed by atoms with Crippen molar-refractivity contribution >= 4 is 5.91 Å². The number of hydrogen-bond acceptors (Lipinski definition) is 4. The van der Waals surface area contributed by atoms with Gasteiger partial charge in [-0.1, -0.05) is 18.6 Å². The van der Waals surface area contributed by atoms with Crippen LogP contribution in [0.2, 0.25) is 0 Å². The minimum atomic E-state index is -0.373. The second kappa shape index (κ2) is 6.49. The number of carbonyl (C=O) groups excluding carboxylic acids is 1. The van der Waals surface area contributed by atoms with Crippen LogP contribution in [-0.4, -0.2) is 26.9 Å². The van der Waals surface area contributed by atoms with E-state index in [4.69, 9.17) is 5.73 Å². The lowest BCUT2D eigenvalue weighted by molar-refractivity contribution is -0.124. The molecule has 102 valence electrons. The first-order valence-corrected chi connectivity index (χ1v) is 6.43. The number of nitrogens with one attached hydrogen (secondary N) is 1. The van der Waals surface area contributed by atoms with Gasteiger partial charge in [-0.2, -0.15) is 0 Å². The van der Waals surface area contributed by atoms with Gasteiger partial charge in [0.25, 0.3) is 0 Å². The van der Waals surface area contributed by atoms with E-state index in [9.17, 15) is 4.79 Å². The second-order valence-electron chi connectivity index (χ2n) is 4.86. The summed E-state index contributed by atoms with van der Waals surface area (Å²) in [5.41, 5.74) is 6.70. The molecular weight excluding hydrogens is 230 g/mol. The molecule has 0 saturated carbocycles. The number of carbonyl (C=O) groups is 1. The Balaban J connectivity index is 2.70. The Kier molecular flexibility index (Phi) is 5.27. The maximum atomic E-state index is 11.8. The van der Waals surface area contributed by atoms with Crippen LogP contribution in [0.3, 0.4) is 0 Å². The smallest absolute Gasteiger partial charge is 0.244 e. The summed E-state index contributed by atoms with van der Waals surface area (Å²) in [5, 5.41) is 10.8. The summed E-state index contributed by atoms with van der Waals surface area (Å²) in [6, 6.07) is -0.364. The standard InChI is InChI=1S/C12H23N5O/c1-5-6-10(13)11-7-17(16-15-11)9(4)12(18)14-8(2)3/h7-10H,5-6,13H2,1-4H3,(H,14,18). The number of aromatic nitrogens is 3. The topological polar surface area (TPSA) is 85.8 Å². The molecule has 6 nitrogen and oxygen atoms in total. The fraction of sp³-hybridized carbons (Fsp3) is 0.750. The van der Waals surface area contributed by atoms with Crippen LogP contribution < -0.4 is 11.1 Å². The fourth-order valence-corrected chi connectivity index (χ4v) is 1.63. The van der Waals surface area contributed by atoms with Crippen molar-refractivity contribution in [1.82, 2.24) is 20.3 Å². The SMILES string of the molecule is CCCC(N)c1cn(C(C)C(=O)NC(C)C)nn1. The summed E-state index contributed by atoms with van der Waals surface area (Å²) in [7, 11) is 0. The van der Waals surface area contributed by atoms with Gasteiger partial charge in [0.2, 0.25) is 5.91 Å². The van der Waals surface area contributed by atoms with Crippen molar-refractivity contribution in [1.29, 1.82) is 0 Å². The highest BCUT2D eigenvalue weighted by atomic mass is 16.2. The Bertz CT molecular complexity index is 388. The predicted octanol–water partition coefficient (Wildman–Crippen LogP) is 1.16. The molecule has 0 aliphatic rings. The molecule has 1 heterocycles. The molecule has 0 aliphatic heterocycles. The lowest BCUT2D eigenvalue weighted by atomic mass is 10.1. The second-order valence-corrected chi connectivity index (χ2v) is 4.86. The summed E-state index contributed by atoms with van der Waals surface area (Å²) in [6.45, 7) is 7.72. The maximum absolute atomic E-state index is 11.8. The van der Waals surface area contributed by atoms with Crippen molar-refractivity contribution in [2.24, 2.45) is 5.73 Å². The molecule has 3 N–H and O–H groups in total. The molecule has 0 radical (unpaired) electrons. The van der Waals surface area contributed by atoms with E-state index in [1.165, 1.54) is 0 Å². The molecular formula is C12H23N5O. The third kappa shape index (κ3) is 3.80. The highest BCUT2D eigenvalue weighted by Crippen LogP contribution is 2.14. The van der Waals surface area contributed by atoms with Crippen LogP contribution >= 0.6 is 0 Å². The zero-order valence-corrected chi connectivity index (χ0v) is 11.6. The van der Waals surface area contributed by atoms with E-state index in [0.29, 0.717) is 0 Å². The molecule has 1 aromatic rings. The normalized spacial score (nSPS) is 14.6. The summed E-state index contributed by atoms with van der Waals surface area (Å²) in [6.07, 6.45) is 3.62. The van der Waals surface area contributed by atoms with Crippen molar-refractivity contribution in [2.45, 2.75) is 58.7 Å². The van der Waals surface area contributed by atoms with E-state index < -0.39 is 0 Å². The first-order chi connectivity index (χ1) is 8.45. The number of amides is 1. The van der Waals surface area contributed by atoms with Crippen LogP contribution in [0, 0.1) is 0 Å². The minimum absolute atomic E-state index is 0.0643. The van der Waals surface area contributed by atoms with Crippen LogP contribution in [-0.2, 0) is 4.79 Å². The van der Waals surface area contributed by atoms with Gasteiger partial charge in [-0.3, -0.25) is 4.79 Å². The third-order valence-corrected chi connectivity index (χ3v) is 2.71. The lowest BCUT2D eigenvalue weighted by Gasteiger charge is -2.14. The molecule has 2 atom stereocenters. The van der Waals surface area contributed by atoms with Gasteiger partial charge in [0.1, 0.15) is 6.04 Å². The lowest BCUT2D eigenvalue weighted by Crippen LogP contribution is -2.35. The Morgan fingerprint density at radius 1 is 1.50 bits per heavy atom. The van der Waals surface area contributed by atoms with E-state index in [-0.39, 0.29) is 24.0 Å². The Morgan fingerprint density at radius 3 is 2.72 bits per heavy atom. The van der Waals surface area contributed by atoms with Crippen molar-refractivity contribution in [2.75, 3.05) is 0 Å². The summed E-state index contributed by atoms with van der Waals surface area (Å²) in [4.78, 5) is 11.8. The van der Waals surface area contributed by atoms with Crippen molar-refractivity contribution < 1.29 is 4.79 Å². The van der Waals surface area contributed by atoms with E-state index in [1.807, 2.05) is 13.8 Å². The molecule has 0 saturated heterocycles. The highest BCUT2D eigenvalue weighted by Gasteiger charge is 2.18.